The third kappa shape index (κ3) is 3.08. The lowest BCUT2D eigenvalue weighted by Crippen LogP contribution is -2.38. The summed E-state index contributed by atoms with van der Waals surface area (Å²) in [7, 11) is 0. The standard InChI is InChI=1S/C12H15N5O2/c1-6-15-9-3-2-7(4-10(9)16-6)17-12(19)8(13)5-11(14)18/h2-4,8H,5,13H2,1H3,(H2,14,18)(H,15,16)(H,17,19). The number of nitrogens with zero attached hydrogens (tertiary/aromatic N) is 1. The number of H-pyrrole nitrogens is 1. The molecular formula is C12H15N5O2. The number of amides is 2. The molecule has 2 rings (SSSR count). The number of carbonyl (C=O) groups excluding carboxylic acids is 2. The van der Waals surface area contributed by atoms with Crippen LogP contribution >= 0.6 is 0 Å². The predicted octanol–water partition coefficient (Wildman–Crippen LogP) is 0.0125. The van der Waals surface area contributed by atoms with E-state index in [-0.39, 0.29) is 6.42 Å². The fourth-order valence-corrected chi connectivity index (χ4v) is 1.76. The lowest BCUT2D eigenvalue weighted by molar-refractivity contribution is -0.123. The van der Waals surface area contributed by atoms with Gasteiger partial charge < -0.3 is 21.8 Å². The Morgan fingerprint density at radius 3 is 2.89 bits per heavy atom. The normalized spacial score (nSPS) is 12.3. The van der Waals surface area contributed by atoms with Crippen LogP contribution in [0.3, 0.4) is 0 Å². The van der Waals surface area contributed by atoms with E-state index >= 15 is 0 Å². The molecule has 2 aromatic rings. The van der Waals surface area contributed by atoms with Gasteiger partial charge in [0, 0.05) is 5.69 Å². The molecule has 1 aromatic heterocycles. The minimum absolute atomic E-state index is 0.183. The first kappa shape index (κ1) is 13.0. The zero-order chi connectivity index (χ0) is 14.0. The molecule has 100 valence electrons. The van der Waals surface area contributed by atoms with Crippen LogP contribution in [0.25, 0.3) is 11.0 Å². The summed E-state index contributed by atoms with van der Waals surface area (Å²) in [5.74, 6) is -0.263. The van der Waals surface area contributed by atoms with Gasteiger partial charge in [-0.05, 0) is 25.1 Å². The molecule has 0 radical (unpaired) electrons. The van der Waals surface area contributed by atoms with Crippen LogP contribution in [0, 0.1) is 6.92 Å². The van der Waals surface area contributed by atoms with Crippen molar-refractivity contribution in [2.75, 3.05) is 5.32 Å². The second-order valence-corrected chi connectivity index (χ2v) is 4.32. The van der Waals surface area contributed by atoms with Gasteiger partial charge in [0.1, 0.15) is 5.82 Å². The maximum atomic E-state index is 11.7. The average molecular weight is 261 g/mol. The van der Waals surface area contributed by atoms with E-state index in [2.05, 4.69) is 15.3 Å². The SMILES string of the molecule is Cc1nc2ccc(NC(=O)C(N)CC(N)=O)cc2[nH]1. The highest BCUT2D eigenvalue weighted by molar-refractivity contribution is 5.98. The second kappa shape index (κ2) is 5.07. The Labute approximate surface area is 109 Å². The van der Waals surface area contributed by atoms with Crippen LogP contribution < -0.4 is 16.8 Å². The molecule has 19 heavy (non-hydrogen) atoms. The van der Waals surface area contributed by atoms with Crippen molar-refractivity contribution in [3.63, 3.8) is 0 Å². The molecule has 0 aliphatic carbocycles. The fraction of sp³-hybridized carbons (Fsp3) is 0.250. The highest BCUT2D eigenvalue weighted by Crippen LogP contribution is 2.17. The van der Waals surface area contributed by atoms with Gasteiger partial charge >= 0.3 is 0 Å². The van der Waals surface area contributed by atoms with Gasteiger partial charge in [0.05, 0.1) is 23.5 Å². The molecule has 0 aliphatic heterocycles. The molecule has 1 unspecified atom stereocenters. The van der Waals surface area contributed by atoms with E-state index in [0.717, 1.165) is 16.9 Å². The lowest BCUT2D eigenvalue weighted by Gasteiger charge is -2.10. The molecule has 0 spiro atoms. The lowest BCUT2D eigenvalue weighted by atomic mass is 10.2. The molecule has 2 amide bonds. The number of aromatic nitrogens is 2. The van der Waals surface area contributed by atoms with E-state index in [9.17, 15) is 9.59 Å². The summed E-state index contributed by atoms with van der Waals surface area (Å²) in [5.41, 5.74) is 12.8. The van der Waals surface area contributed by atoms with E-state index in [0.29, 0.717) is 5.69 Å². The summed E-state index contributed by atoms with van der Waals surface area (Å²) in [6, 6.07) is 4.31. The summed E-state index contributed by atoms with van der Waals surface area (Å²) < 4.78 is 0. The van der Waals surface area contributed by atoms with Gasteiger partial charge in [-0.1, -0.05) is 0 Å². The van der Waals surface area contributed by atoms with Crippen LogP contribution in [0.2, 0.25) is 0 Å². The fourth-order valence-electron chi connectivity index (χ4n) is 1.76. The molecule has 7 nitrogen and oxygen atoms in total. The highest BCUT2D eigenvalue weighted by atomic mass is 16.2. The number of primary amides is 1. The number of benzene rings is 1. The molecule has 1 aromatic carbocycles. The van der Waals surface area contributed by atoms with Gasteiger partial charge in [0.15, 0.2) is 0 Å². The molecule has 0 aliphatic rings. The number of anilines is 1. The van der Waals surface area contributed by atoms with Crippen molar-refractivity contribution in [3.8, 4) is 0 Å². The zero-order valence-electron chi connectivity index (χ0n) is 10.4. The minimum atomic E-state index is -0.948. The number of hydrogen-bond donors (Lipinski definition) is 4. The number of nitrogens with one attached hydrogen (secondary N) is 2. The van der Waals surface area contributed by atoms with Crippen molar-refractivity contribution in [1.82, 2.24) is 9.97 Å². The summed E-state index contributed by atoms with van der Waals surface area (Å²) in [5, 5.41) is 2.63. The Bertz CT molecular complexity index is 634. The van der Waals surface area contributed by atoms with E-state index < -0.39 is 17.9 Å². The Balaban J connectivity index is 2.12. The monoisotopic (exact) mass is 261 g/mol. The van der Waals surface area contributed by atoms with E-state index in [1.165, 1.54) is 0 Å². The number of hydrogen-bond acceptors (Lipinski definition) is 4. The third-order valence-corrected chi connectivity index (χ3v) is 2.63. The first-order chi connectivity index (χ1) is 8.95. The van der Waals surface area contributed by atoms with Crippen molar-refractivity contribution in [2.45, 2.75) is 19.4 Å². The molecule has 0 saturated carbocycles. The van der Waals surface area contributed by atoms with Crippen LogP contribution in [0.15, 0.2) is 18.2 Å². The van der Waals surface area contributed by atoms with Crippen LogP contribution in [0.4, 0.5) is 5.69 Å². The van der Waals surface area contributed by atoms with Crippen LogP contribution in [-0.4, -0.2) is 27.8 Å². The van der Waals surface area contributed by atoms with Crippen molar-refractivity contribution < 1.29 is 9.59 Å². The Hall–Kier alpha value is -2.41. The maximum absolute atomic E-state index is 11.7. The number of rotatable bonds is 4. The van der Waals surface area contributed by atoms with E-state index in [4.69, 9.17) is 11.5 Å². The number of nitrogens with two attached hydrogens (primary N) is 2. The Kier molecular flexibility index (Phi) is 3.48. The number of fused-ring (bicyclic) bond motifs is 1. The number of aryl methyl sites for hydroxylation is 1. The molecular weight excluding hydrogens is 246 g/mol. The smallest absolute Gasteiger partial charge is 0.241 e. The van der Waals surface area contributed by atoms with E-state index in [1.54, 1.807) is 18.2 Å². The first-order valence-corrected chi connectivity index (χ1v) is 5.77. The third-order valence-electron chi connectivity index (χ3n) is 2.63. The average Bonchev–Trinajstić information content (AvgIpc) is 2.67. The Morgan fingerprint density at radius 2 is 2.21 bits per heavy atom. The molecule has 0 bridgehead atoms. The van der Waals surface area contributed by atoms with Gasteiger partial charge in [0.25, 0.3) is 0 Å². The first-order valence-electron chi connectivity index (χ1n) is 5.77. The summed E-state index contributed by atoms with van der Waals surface area (Å²) in [6.07, 6.45) is -0.183. The minimum Gasteiger partial charge on any atom is -0.370 e. The molecule has 7 heteroatoms. The topological polar surface area (TPSA) is 127 Å². The van der Waals surface area contributed by atoms with Crippen LogP contribution in [0.5, 0.6) is 0 Å². The highest BCUT2D eigenvalue weighted by Gasteiger charge is 2.16. The number of imidazole rings is 1. The number of carbonyl (C=O) groups is 2. The van der Waals surface area contributed by atoms with Gasteiger partial charge in [-0.25, -0.2) is 4.98 Å². The summed E-state index contributed by atoms with van der Waals surface area (Å²) in [6.45, 7) is 1.85. The van der Waals surface area contributed by atoms with Crippen LogP contribution in [0.1, 0.15) is 12.2 Å². The summed E-state index contributed by atoms with van der Waals surface area (Å²) >= 11 is 0. The zero-order valence-corrected chi connectivity index (χ0v) is 10.4. The quantitative estimate of drug-likeness (QED) is 0.618. The molecule has 0 saturated heterocycles. The van der Waals surface area contributed by atoms with Gasteiger partial charge in [-0.3, -0.25) is 9.59 Å². The largest absolute Gasteiger partial charge is 0.370 e. The van der Waals surface area contributed by atoms with Crippen molar-refractivity contribution in [2.24, 2.45) is 11.5 Å². The van der Waals surface area contributed by atoms with Gasteiger partial charge in [0.2, 0.25) is 11.8 Å². The molecule has 6 N–H and O–H groups in total. The van der Waals surface area contributed by atoms with Crippen molar-refractivity contribution in [3.05, 3.63) is 24.0 Å². The molecule has 1 atom stereocenters. The Morgan fingerprint density at radius 1 is 1.47 bits per heavy atom. The summed E-state index contributed by atoms with van der Waals surface area (Å²) in [4.78, 5) is 29.7. The predicted molar refractivity (Wildman–Crippen MR) is 71.2 cm³/mol. The second-order valence-electron chi connectivity index (χ2n) is 4.32. The maximum Gasteiger partial charge on any atom is 0.241 e. The van der Waals surface area contributed by atoms with Crippen molar-refractivity contribution >= 4 is 28.5 Å². The van der Waals surface area contributed by atoms with E-state index in [1.807, 2.05) is 6.92 Å². The van der Waals surface area contributed by atoms with Crippen molar-refractivity contribution in [1.29, 1.82) is 0 Å². The van der Waals surface area contributed by atoms with Crippen LogP contribution in [-0.2, 0) is 9.59 Å². The van der Waals surface area contributed by atoms with Gasteiger partial charge in [-0.2, -0.15) is 0 Å². The number of aromatic amines is 1. The molecule has 0 fully saturated rings. The molecule has 1 heterocycles. The van der Waals surface area contributed by atoms with Gasteiger partial charge in [-0.15, -0.1) is 0 Å².